The Labute approximate surface area is 84.4 Å². The van der Waals surface area contributed by atoms with Crippen molar-refractivity contribution in [2.24, 2.45) is 0 Å². The maximum atomic E-state index is 11.6. The monoisotopic (exact) mass is 207 g/mol. The first-order chi connectivity index (χ1) is 7.15. The molecule has 0 aliphatic heterocycles. The van der Waals surface area contributed by atoms with Crippen molar-refractivity contribution >= 4 is 11.5 Å². The van der Waals surface area contributed by atoms with E-state index in [1.807, 2.05) is 6.92 Å². The number of carboxylic acid groups (broad SMARTS) is 1. The second-order valence-electron chi connectivity index (χ2n) is 3.06. The van der Waals surface area contributed by atoms with Gasteiger partial charge < -0.3 is 5.11 Å². The van der Waals surface area contributed by atoms with Crippen LogP contribution in [0.5, 0.6) is 0 Å². The van der Waals surface area contributed by atoms with Gasteiger partial charge in [0.25, 0.3) is 0 Å². The zero-order valence-corrected chi connectivity index (χ0v) is 8.04. The van der Waals surface area contributed by atoms with Crippen molar-refractivity contribution in [3.05, 3.63) is 34.5 Å². The van der Waals surface area contributed by atoms with E-state index < -0.39 is 11.4 Å². The van der Waals surface area contributed by atoms with Crippen molar-refractivity contribution in [2.45, 2.75) is 13.5 Å². The molecule has 2 aromatic heterocycles. The number of hydrogen-bond donors (Lipinski definition) is 1. The Morgan fingerprint density at radius 1 is 1.60 bits per heavy atom. The van der Waals surface area contributed by atoms with E-state index in [0.29, 0.717) is 6.54 Å². The summed E-state index contributed by atoms with van der Waals surface area (Å²) in [6, 6.07) is 0. The molecule has 2 aromatic rings. The smallest absolute Gasteiger partial charge is 0.341 e. The molecule has 78 valence electrons. The first kappa shape index (κ1) is 9.45. The lowest BCUT2D eigenvalue weighted by Gasteiger charge is -2.07. The van der Waals surface area contributed by atoms with Crippen LogP contribution in [0.1, 0.15) is 17.3 Å². The topological polar surface area (TPSA) is 76.6 Å². The molecule has 0 bridgehead atoms. The van der Waals surface area contributed by atoms with Gasteiger partial charge in [0.1, 0.15) is 17.4 Å². The van der Waals surface area contributed by atoms with Crippen LogP contribution in [0, 0.1) is 0 Å². The minimum atomic E-state index is -1.22. The zero-order chi connectivity index (χ0) is 11.0. The molecular weight excluding hydrogens is 198 g/mol. The Balaban J connectivity index is 2.91. The summed E-state index contributed by atoms with van der Waals surface area (Å²) in [7, 11) is 0. The van der Waals surface area contributed by atoms with Crippen LogP contribution in [0.4, 0.5) is 0 Å². The normalized spacial score (nSPS) is 10.7. The highest BCUT2D eigenvalue weighted by molar-refractivity contribution is 5.88. The molecule has 0 radical (unpaired) electrons. The van der Waals surface area contributed by atoms with Gasteiger partial charge >= 0.3 is 5.97 Å². The highest BCUT2D eigenvalue weighted by atomic mass is 16.4. The molecule has 0 spiro atoms. The van der Waals surface area contributed by atoms with Crippen molar-refractivity contribution < 1.29 is 9.90 Å². The van der Waals surface area contributed by atoms with E-state index in [4.69, 9.17) is 5.11 Å². The largest absolute Gasteiger partial charge is 0.477 e. The summed E-state index contributed by atoms with van der Waals surface area (Å²) < 4.78 is 3.15. The average Bonchev–Trinajstić information content (AvgIpc) is 2.67. The first-order valence-corrected chi connectivity index (χ1v) is 4.44. The van der Waals surface area contributed by atoms with Gasteiger partial charge in [0.15, 0.2) is 0 Å². The van der Waals surface area contributed by atoms with Gasteiger partial charge in [-0.1, -0.05) is 0 Å². The van der Waals surface area contributed by atoms with Crippen LogP contribution in [-0.4, -0.2) is 25.3 Å². The summed E-state index contributed by atoms with van der Waals surface area (Å²) in [5.74, 6) is -1.22. The Morgan fingerprint density at radius 2 is 2.33 bits per heavy atom. The lowest BCUT2D eigenvalue weighted by molar-refractivity contribution is 0.0694. The molecule has 0 saturated carbocycles. The quantitative estimate of drug-likeness (QED) is 0.763. The van der Waals surface area contributed by atoms with Crippen LogP contribution in [0.3, 0.4) is 0 Å². The Kier molecular flexibility index (Phi) is 2.03. The summed E-state index contributed by atoms with van der Waals surface area (Å²) in [6.45, 7) is 2.42. The second-order valence-corrected chi connectivity index (χ2v) is 3.06. The molecule has 0 saturated heterocycles. The summed E-state index contributed by atoms with van der Waals surface area (Å²) in [5.41, 5.74) is -0.466. The van der Waals surface area contributed by atoms with Crippen molar-refractivity contribution in [1.29, 1.82) is 0 Å². The molecule has 6 heteroatoms. The summed E-state index contributed by atoms with van der Waals surface area (Å²) in [4.78, 5) is 26.3. The predicted molar refractivity (Wildman–Crippen MR) is 52.1 cm³/mol. The summed E-state index contributed by atoms with van der Waals surface area (Å²) in [5, 5.41) is 8.84. The standard InChI is InChI=1S/C9H9N3O3/c1-2-11-4-6(9(14)15)8(13)7-3-10-5-12(7)11/h3-5H,2H2,1H3,(H,14,15). The number of carboxylic acids is 1. The Hall–Kier alpha value is -2.11. The number of rotatable bonds is 2. The third-order valence-electron chi connectivity index (χ3n) is 2.21. The van der Waals surface area contributed by atoms with Crippen LogP contribution in [-0.2, 0) is 6.54 Å². The van der Waals surface area contributed by atoms with Gasteiger partial charge in [0.2, 0.25) is 5.43 Å². The molecule has 2 heterocycles. The second kappa shape index (κ2) is 3.23. The fourth-order valence-electron chi connectivity index (χ4n) is 1.46. The number of aromatic carboxylic acids is 1. The summed E-state index contributed by atoms with van der Waals surface area (Å²) in [6.07, 6.45) is 4.16. The molecule has 1 N–H and O–H groups in total. The van der Waals surface area contributed by atoms with Crippen molar-refractivity contribution in [3.8, 4) is 0 Å². The number of nitrogens with zero attached hydrogens (tertiary/aromatic N) is 3. The fourth-order valence-corrected chi connectivity index (χ4v) is 1.46. The molecule has 0 aliphatic carbocycles. The minimum absolute atomic E-state index is 0.232. The molecule has 0 aliphatic rings. The van der Waals surface area contributed by atoms with Crippen LogP contribution >= 0.6 is 0 Å². The van der Waals surface area contributed by atoms with Crippen LogP contribution in [0.2, 0.25) is 0 Å². The lowest BCUT2D eigenvalue weighted by Crippen LogP contribution is -2.22. The first-order valence-electron chi connectivity index (χ1n) is 4.44. The van der Waals surface area contributed by atoms with E-state index in [1.165, 1.54) is 23.2 Å². The van der Waals surface area contributed by atoms with Crippen LogP contribution in [0.15, 0.2) is 23.5 Å². The molecule has 0 fully saturated rings. The maximum Gasteiger partial charge on any atom is 0.341 e. The van der Waals surface area contributed by atoms with E-state index in [2.05, 4.69) is 4.98 Å². The van der Waals surface area contributed by atoms with Gasteiger partial charge in [0.05, 0.1) is 6.20 Å². The predicted octanol–water partition coefficient (Wildman–Crippen LogP) is 0.214. The van der Waals surface area contributed by atoms with E-state index >= 15 is 0 Å². The fraction of sp³-hybridized carbons (Fsp3) is 0.222. The van der Waals surface area contributed by atoms with Crippen molar-refractivity contribution in [2.75, 3.05) is 0 Å². The number of aryl methyl sites for hydroxylation is 1. The van der Waals surface area contributed by atoms with Gasteiger partial charge in [-0.25, -0.2) is 14.3 Å². The number of aromatic nitrogens is 3. The molecule has 6 nitrogen and oxygen atoms in total. The van der Waals surface area contributed by atoms with E-state index in [9.17, 15) is 9.59 Å². The number of hydrogen-bond acceptors (Lipinski definition) is 3. The molecule has 0 amide bonds. The zero-order valence-electron chi connectivity index (χ0n) is 8.04. The van der Waals surface area contributed by atoms with Gasteiger partial charge in [-0.15, -0.1) is 0 Å². The highest BCUT2D eigenvalue weighted by Gasteiger charge is 2.13. The summed E-state index contributed by atoms with van der Waals surface area (Å²) >= 11 is 0. The number of fused-ring (bicyclic) bond motifs is 1. The van der Waals surface area contributed by atoms with Crippen LogP contribution in [0.25, 0.3) is 5.52 Å². The van der Waals surface area contributed by atoms with Gasteiger partial charge in [-0.3, -0.25) is 9.48 Å². The van der Waals surface area contributed by atoms with Crippen LogP contribution < -0.4 is 5.43 Å². The Morgan fingerprint density at radius 3 is 2.93 bits per heavy atom. The van der Waals surface area contributed by atoms with E-state index in [-0.39, 0.29) is 11.1 Å². The van der Waals surface area contributed by atoms with Gasteiger partial charge in [0, 0.05) is 12.7 Å². The van der Waals surface area contributed by atoms with Crippen molar-refractivity contribution in [3.63, 3.8) is 0 Å². The third kappa shape index (κ3) is 1.30. The van der Waals surface area contributed by atoms with Gasteiger partial charge in [-0.2, -0.15) is 0 Å². The minimum Gasteiger partial charge on any atom is -0.477 e. The van der Waals surface area contributed by atoms with Gasteiger partial charge in [-0.05, 0) is 6.92 Å². The molecule has 0 aromatic carbocycles. The average molecular weight is 207 g/mol. The number of carbonyl (C=O) groups is 1. The molecule has 0 unspecified atom stereocenters. The molecular formula is C9H9N3O3. The SMILES string of the molecule is CCn1cc(C(=O)O)c(=O)c2cncn21. The van der Waals surface area contributed by atoms with E-state index in [1.54, 1.807) is 4.68 Å². The van der Waals surface area contributed by atoms with E-state index in [0.717, 1.165) is 0 Å². The van der Waals surface area contributed by atoms with Crippen molar-refractivity contribution in [1.82, 2.24) is 14.2 Å². The maximum absolute atomic E-state index is 11.6. The highest BCUT2D eigenvalue weighted by Crippen LogP contribution is 2.00. The Bertz CT molecular complexity index is 582. The number of imidazole rings is 1. The lowest BCUT2D eigenvalue weighted by atomic mass is 10.3. The third-order valence-corrected chi connectivity index (χ3v) is 2.21. The molecule has 0 atom stereocenters. The molecule has 15 heavy (non-hydrogen) atoms. The molecule has 2 rings (SSSR count).